The maximum Gasteiger partial charge on any atom is 0.133 e. The molecule has 2 heterocycles. The van der Waals surface area contributed by atoms with Crippen LogP contribution in [-0.2, 0) is 0 Å². The zero-order valence-corrected chi connectivity index (χ0v) is 8.00. The van der Waals surface area contributed by atoms with E-state index >= 15 is 0 Å². The molecule has 0 saturated heterocycles. The van der Waals surface area contributed by atoms with Crippen molar-refractivity contribution < 1.29 is 5.11 Å². The Morgan fingerprint density at radius 1 is 1.58 bits per heavy atom. The van der Waals surface area contributed by atoms with Crippen molar-refractivity contribution >= 4 is 21.7 Å². The number of pyridine rings is 1. The van der Waals surface area contributed by atoms with Gasteiger partial charge in [-0.1, -0.05) is 6.07 Å². The molecule has 0 bridgehead atoms. The van der Waals surface area contributed by atoms with E-state index < -0.39 is 0 Å². The van der Waals surface area contributed by atoms with Gasteiger partial charge in [-0.3, -0.25) is 0 Å². The lowest BCUT2D eigenvalue weighted by Crippen LogP contribution is -2.17. The molecule has 1 aromatic heterocycles. The third-order valence-electron chi connectivity index (χ3n) is 1.96. The molecule has 0 aliphatic carbocycles. The van der Waals surface area contributed by atoms with Crippen LogP contribution in [0.4, 0.5) is 5.82 Å². The Kier molecular flexibility index (Phi) is 2.02. The van der Waals surface area contributed by atoms with Gasteiger partial charge in [-0.05, 0) is 28.4 Å². The minimum atomic E-state index is -0.359. The Hall–Kier alpha value is -0.610. The summed E-state index contributed by atoms with van der Waals surface area (Å²) in [7, 11) is 0. The summed E-state index contributed by atoms with van der Waals surface area (Å²) in [4.78, 5) is 4.21. The van der Waals surface area contributed by atoms with Crippen molar-refractivity contribution in [1.29, 1.82) is 0 Å². The normalized spacial score (nSPS) is 21.3. The monoisotopic (exact) mass is 228 g/mol. The summed E-state index contributed by atoms with van der Waals surface area (Å²) >= 11 is 3.28. The lowest BCUT2D eigenvalue weighted by molar-refractivity contribution is 0.168. The number of aromatic nitrogens is 1. The van der Waals surface area contributed by atoms with E-state index in [1.807, 2.05) is 12.1 Å². The predicted molar refractivity (Wildman–Crippen MR) is 50.0 cm³/mol. The smallest absolute Gasteiger partial charge is 0.133 e. The molecular weight excluding hydrogens is 220 g/mol. The molecule has 0 saturated carbocycles. The summed E-state index contributed by atoms with van der Waals surface area (Å²) < 4.78 is 0.794. The number of halogens is 1. The molecule has 1 atom stereocenters. The first-order valence-corrected chi connectivity index (χ1v) is 4.65. The molecule has 1 aliphatic heterocycles. The highest BCUT2D eigenvalue weighted by molar-refractivity contribution is 9.10. The van der Waals surface area contributed by atoms with Crippen LogP contribution in [-0.4, -0.2) is 16.6 Å². The largest absolute Gasteiger partial charge is 0.388 e. The van der Waals surface area contributed by atoms with Crippen molar-refractivity contribution in [2.75, 3.05) is 11.9 Å². The average molecular weight is 229 g/mol. The Morgan fingerprint density at radius 2 is 2.42 bits per heavy atom. The molecule has 0 fully saturated rings. The van der Waals surface area contributed by atoms with E-state index in [0.717, 1.165) is 29.0 Å². The maximum absolute atomic E-state index is 9.56. The maximum atomic E-state index is 9.56. The van der Waals surface area contributed by atoms with Crippen molar-refractivity contribution in [3.63, 3.8) is 0 Å². The van der Waals surface area contributed by atoms with Crippen molar-refractivity contribution in [3.05, 3.63) is 22.3 Å². The van der Waals surface area contributed by atoms with Crippen molar-refractivity contribution in [2.45, 2.75) is 12.5 Å². The molecule has 0 radical (unpaired) electrons. The Balaban J connectivity index is 2.46. The summed E-state index contributed by atoms with van der Waals surface area (Å²) in [6.07, 6.45) is 0.401. The average Bonchev–Trinajstić information content (AvgIpc) is 2.04. The SMILES string of the molecule is O[C@@H]1CCNc2nc(Br)ccc21. The van der Waals surface area contributed by atoms with E-state index in [2.05, 4.69) is 26.2 Å². The molecule has 0 unspecified atom stereocenters. The molecule has 0 spiro atoms. The molecule has 12 heavy (non-hydrogen) atoms. The van der Waals surface area contributed by atoms with Gasteiger partial charge in [-0.2, -0.15) is 0 Å². The standard InChI is InChI=1S/C8H9BrN2O/c9-7-2-1-5-6(12)3-4-10-8(5)11-7/h1-2,6,12H,3-4H2,(H,10,11)/t6-/m1/s1. The molecule has 2 N–H and O–H groups in total. The Morgan fingerprint density at radius 3 is 3.25 bits per heavy atom. The molecule has 0 amide bonds. The fourth-order valence-electron chi connectivity index (χ4n) is 1.34. The molecule has 64 valence electrons. The minimum absolute atomic E-state index is 0.359. The van der Waals surface area contributed by atoms with Gasteiger partial charge in [0.1, 0.15) is 10.4 Å². The zero-order chi connectivity index (χ0) is 8.55. The zero-order valence-electron chi connectivity index (χ0n) is 6.42. The van der Waals surface area contributed by atoms with Gasteiger partial charge in [-0.15, -0.1) is 0 Å². The fraction of sp³-hybridized carbons (Fsp3) is 0.375. The first kappa shape index (κ1) is 8.01. The second kappa shape index (κ2) is 3.03. The summed E-state index contributed by atoms with van der Waals surface area (Å²) in [6.45, 7) is 0.789. The second-order valence-electron chi connectivity index (χ2n) is 2.80. The van der Waals surface area contributed by atoms with E-state index in [1.54, 1.807) is 0 Å². The molecule has 2 rings (SSSR count). The lowest BCUT2D eigenvalue weighted by atomic mass is 10.0. The van der Waals surface area contributed by atoms with E-state index in [1.165, 1.54) is 0 Å². The van der Waals surface area contributed by atoms with E-state index in [-0.39, 0.29) is 6.10 Å². The number of aliphatic hydroxyl groups excluding tert-OH is 1. The van der Waals surface area contributed by atoms with Gasteiger partial charge in [0.2, 0.25) is 0 Å². The number of hydrogen-bond donors (Lipinski definition) is 2. The lowest BCUT2D eigenvalue weighted by Gasteiger charge is -2.21. The van der Waals surface area contributed by atoms with Crippen LogP contribution in [0.5, 0.6) is 0 Å². The molecule has 0 aromatic carbocycles. The van der Waals surface area contributed by atoms with Gasteiger partial charge in [0.15, 0.2) is 0 Å². The van der Waals surface area contributed by atoms with Crippen LogP contribution in [0.25, 0.3) is 0 Å². The summed E-state index contributed by atoms with van der Waals surface area (Å²) in [5.74, 6) is 0.795. The molecule has 3 nitrogen and oxygen atoms in total. The van der Waals surface area contributed by atoms with Crippen LogP contribution in [0.1, 0.15) is 18.1 Å². The predicted octanol–water partition coefficient (Wildman–Crippen LogP) is 1.69. The third kappa shape index (κ3) is 1.32. The Bertz CT molecular complexity index is 303. The first-order chi connectivity index (χ1) is 5.77. The van der Waals surface area contributed by atoms with E-state index in [0.29, 0.717) is 0 Å². The third-order valence-corrected chi connectivity index (χ3v) is 2.40. The van der Waals surface area contributed by atoms with Gasteiger partial charge in [0.25, 0.3) is 0 Å². The van der Waals surface area contributed by atoms with Gasteiger partial charge in [0, 0.05) is 12.1 Å². The van der Waals surface area contributed by atoms with E-state index in [4.69, 9.17) is 0 Å². The van der Waals surface area contributed by atoms with Gasteiger partial charge >= 0.3 is 0 Å². The molecule has 4 heteroatoms. The highest BCUT2D eigenvalue weighted by atomic mass is 79.9. The number of fused-ring (bicyclic) bond motifs is 1. The van der Waals surface area contributed by atoms with Gasteiger partial charge < -0.3 is 10.4 Å². The van der Waals surface area contributed by atoms with Crippen LogP contribution in [0, 0.1) is 0 Å². The quantitative estimate of drug-likeness (QED) is 0.665. The number of rotatable bonds is 0. The highest BCUT2D eigenvalue weighted by Crippen LogP contribution is 2.28. The molecular formula is C8H9BrN2O. The summed E-state index contributed by atoms with van der Waals surface area (Å²) in [6, 6.07) is 3.73. The Labute approximate surface area is 79.0 Å². The molecule has 1 aliphatic rings. The number of anilines is 1. The number of nitrogens with one attached hydrogen (secondary N) is 1. The van der Waals surface area contributed by atoms with Crippen LogP contribution in [0.15, 0.2) is 16.7 Å². The van der Waals surface area contributed by atoms with E-state index in [9.17, 15) is 5.11 Å². The number of nitrogens with zero attached hydrogens (tertiary/aromatic N) is 1. The van der Waals surface area contributed by atoms with Crippen LogP contribution < -0.4 is 5.32 Å². The van der Waals surface area contributed by atoms with Crippen LogP contribution >= 0.6 is 15.9 Å². The minimum Gasteiger partial charge on any atom is -0.388 e. The second-order valence-corrected chi connectivity index (χ2v) is 3.62. The van der Waals surface area contributed by atoms with Crippen molar-refractivity contribution in [2.24, 2.45) is 0 Å². The first-order valence-electron chi connectivity index (χ1n) is 3.86. The topological polar surface area (TPSA) is 45.1 Å². The highest BCUT2D eigenvalue weighted by Gasteiger charge is 2.18. The summed E-state index contributed by atoms with van der Waals surface area (Å²) in [5, 5.41) is 12.7. The molecule has 1 aromatic rings. The summed E-state index contributed by atoms with van der Waals surface area (Å²) in [5.41, 5.74) is 0.893. The fourth-order valence-corrected chi connectivity index (χ4v) is 1.65. The van der Waals surface area contributed by atoms with Gasteiger partial charge in [0.05, 0.1) is 6.10 Å². The van der Waals surface area contributed by atoms with Crippen molar-refractivity contribution in [1.82, 2.24) is 4.98 Å². The van der Waals surface area contributed by atoms with Crippen molar-refractivity contribution in [3.8, 4) is 0 Å². The van der Waals surface area contributed by atoms with Crippen LogP contribution in [0.2, 0.25) is 0 Å². The number of aliphatic hydroxyl groups is 1. The van der Waals surface area contributed by atoms with Crippen LogP contribution in [0.3, 0.4) is 0 Å². The number of hydrogen-bond acceptors (Lipinski definition) is 3. The van der Waals surface area contributed by atoms with Gasteiger partial charge in [-0.25, -0.2) is 4.98 Å².